The molecule has 6 N–H and O–H groups in total. The van der Waals surface area contributed by atoms with Crippen molar-refractivity contribution >= 4 is 17.8 Å². The number of nitrogens with one attached hydrogen (secondary N) is 1. The predicted octanol–water partition coefficient (Wildman–Crippen LogP) is -3.53. The average Bonchev–Trinajstić information content (AvgIpc) is 2.69. The highest BCUT2D eigenvalue weighted by molar-refractivity contribution is 5.99. The van der Waals surface area contributed by atoms with Crippen LogP contribution in [-0.4, -0.2) is 75.8 Å². The quantitative estimate of drug-likeness (QED) is 0.359. The standard InChI is InChI=1S/C11H17N3O7/c12-6(16)1-4-2-14(11(20)13-9(4)19)10-8(18)7(17)5(3-15)21-10/h4-5,7-8,10,15,17-18H,1-3H2,(H2,12,16)(H,13,19,20)/t4?,5-,7-,8-,10-/m1/s1. The maximum atomic E-state index is 11.8. The number of nitrogens with two attached hydrogens (primary N) is 1. The molecule has 5 atom stereocenters. The summed E-state index contributed by atoms with van der Waals surface area (Å²) >= 11 is 0. The van der Waals surface area contributed by atoms with Crippen molar-refractivity contribution in [1.29, 1.82) is 0 Å². The Morgan fingerprint density at radius 3 is 2.57 bits per heavy atom. The second kappa shape index (κ2) is 5.93. The molecule has 0 spiro atoms. The highest BCUT2D eigenvalue weighted by atomic mass is 16.6. The van der Waals surface area contributed by atoms with Gasteiger partial charge in [0.25, 0.3) is 0 Å². The molecule has 118 valence electrons. The topological polar surface area (TPSA) is 162 Å². The molecule has 0 saturated carbocycles. The fraction of sp³-hybridized carbons (Fsp3) is 0.727. The van der Waals surface area contributed by atoms with Gasteiger partial charge in [0.2, 0.25) is 11.8 Å². The van der Waals surface area contributed by atoms with E-state index in [2.05, 4.69) is 0 Å². The number of carbonyl (C=O) groups is 3. The molecule has 2 rings (SSSR count). The molecular weight excluding hydrogens is 286 g/mol. The van der Waals surface area contributed by atoms with Crippen LogP contribution in [0.25, 0.3) is 0 Å². The molecule has 1 unspecified atom stereocenters. The number of nitrogens with zero attached hydrogens (tertiary/aromatic N) is 1. The van der Waals surface area contributed by atoms with Gasteiger partial charge in [0.05, 0.1) is 12.5 Å². The zero-order chi connectivity index (χ0) is 15.7. The Hall–Kier alpha value is -1.75. The van der Waals surface area contributed by atoms with Crippen LogP contribution in [0.5, 0.6) is 0 Å². The first-order valence-electron chi connectivity index (χ1n) is 6.37. The molecule has 21 heavy (non-hydrogen) atoms. The third-order valence-electron chi connectivity index (χ3n) is 3.55. The lowest BCUT2D eigenvalue weighted by Gasteiger charge is -2.36. The highest BCUT2D eigenvalue weighted by Crippen LogP contribution is 2.26. The minimum Gasteiger partial charge on any atom is -0.394 e. The Morgan fingerprint density at radius 2 is 2.05 bits per heavy atom. The van der Waals surface area contributed by atoms with Gasteiger partial charge >= 0.3 is 6.03 Å². The number of primary amides is 1. The van der Waals surface area contributed by atoms with Gasteiger partial charge in [-0.25, -0.2) is 4.79 Å². The molecule has 10 nitrogen and oxygen atoms in total. The van der Waals surface area contributed by atoms with Crippen LogP contribution in [-0.2, 0) is 14.3 Å². The van der Waals surface area contributed by atoms with Crippen molar-refractivity contribution in [2.45, 2.75) is 31.0 Å². The van der Waals surface area contributed by atoms with Crippen molar-refractivity contribution in [2.75, 3.05) is 13.2 Å². The smallest absolute Gasteiger partial charge is 0.326 e. The second-order valence-electron chi connectivity index (χ2n) is 5.04. The molecule has 2 aliphatic rings. The number of amides is 4. The lowest BCUT2D eigenvalue weighted by atomic mass is 10.0. The summed E-state index contributed by atoms with van der Waals surface area (Å²) in [6.45, 7) is -0.714. The lowest BCUT2D eigenvalue weighted by molar-refractivity contribution is -0.135. The van der Waals surface area contributed by atoms with Crippen LogP contribution in [0.1, 0.15) is 6.42 Å². The largest absolute Gasteiger partial charge is 0.394 e. The number of hydrogen-bond donors (Lipinski definition) is 5. The highest BCUT2D eigenvalue weighted by Gasteiger charge is 2.49. The van der Waals surface area contributed by atoms with E-state index in [9.17, 15) is 24.6 Å². The summed E-state index contributed by atoms with van der Waals surface area (Å²) in [7, 11) is 0. The van der Waals surface area contributed by atoms with Crippen molar-refractivity contribution < 1.29 is 34.4 Å². The molecule has 2 fully saturated rings. The van der Waals surface area contributed by atoms with Gasteiger partial charge in [-0.05, 0) is 0 Å². The molecule has 0 radical (unpaired) electrons. The van der Waals surface area contributed by atoms with Crippen LogP contribution in [0.15, 0.2) is 0 Å². The summed E-state index contributed by atoms with van der Waals surface area (Å²) in [5.74, 6) is -2.20. The van der Waals surface area contributed by atoms with Crippen LogP contribution in [0.2, 0.25) is 0 Å². The molecule has 2 aliphatic heterocycles. The van der Waals surface area contributed by atoms with E-state index in [1.807, 2.05) is 5.32 Å². The first kappa shape index (κ1) is 15.6. The van der Waals surface area contributed by atoms with Crippen LogP contribution >= 0.6 is 0 Å². The molecule has 2 saturated heterocycles. The van der Waals surface area contributed by atoms with Gasteiger partial charge in [-0.2, -0.15) is 0 Å². The van der Waals surface area contributed by atoms with E-state index in [1.165, 1.54) is 0 Å². The number of carbonyl (C=O) groups excluding carboxylic acids is 3. The van der Waals surface area contributed by atoms with E-state index in [4.69, 9.17) is 15.6 Å². The molecule has 10 heteroatoms. The van der Waals surface area contributed by atoms with Crippen molar-refractivity contribution in [3.05, 3.63) is 0 Å². The molecule has 0 bridgehead atoms. The van der Waals surface area contributed by atoms with E-state index in [-0.39, 0.29) is 13.0 Å². The van der Waals surface area contributed by atoms with Gasteiger partial charge in [-0.15, -0.1) is 0 Å². The Morgan fingerprint density at radius 1 is 1.38 bits per heavy atom. The van der Waals surface area contributed by atoms with E-state index in [0.29, 0.717) is 0 Å². The first-order valence-corrected chi connectivity index (χ1v) is 6.37. The van der Waals surface area contributed by atoms with Gasteiger partial charge in [0, 0.05) is 13.0 Å². The number of rotatable bonds is 4. The number of hydrogen-bond acceptors (Lipinski definition) is 7. The molecule has 4 amide bonds. The summed E-state index contributed by atoms with van der Waals surface area (Å²) < 4.78 is 5.22. The van der Waals surface area contributed by atoms with E-state index in [1.54, 1.807) is 0 Å². The third-order valence-corrected chi connectivity index (χ3v) is 3.55. The first-order chi connectivity index (χ1) is 9.85. The fourth-order valence-corrected chi connectivity index (χ4v) is 2.44. The van der Waals surface area contributed by atoms with Crippen LogP contribution in [0.4, 0.5) is 4.79 Å². The Balaban J connectivity index is 2.13. The average molecular weight is 303 g/mol. The molecule has 0 aliphatic carbocycles. The minimum absolute atomic E-state index is 0.180. The Bertz CT molecular complexity index is 457. The SMILES string of the molecule is NC(=O)CC1CN([C@@H]2O[C@H](CO)[C@@H](O)[C@H]2O)C(=O)NC1=O. The van der Waals surface area contributed by atoms with E-state index in [0.717, 1.165) is 4.90 Å². The second-order valence-corrected chi connectivity index (χ2v) is 5.04. The zero-order valence-corrected chi connectivity index (χ0v) is 11.0. The molecule has 0 aromatic carbocycles. The maximum Gasteiger partial charge on any atom is 0.326 e. The number of urea groups is 1. The minimum atomic E-state index is -1.43. The van der Waals surface area contributed by atoms with Crippen molar-refractivity contribution in [1.82, 2.24) is 10.2 Å². The summed E-state index contributed by atoms with van der Waals surface area (Å²) in [6, 6.07) is -0.810. The maximum absolute atomic E-state index is 11.8. The van der Waals surface area contributed by atoms with Crippen molar-refractivity contribution in [2.24, 2.45) is 11.7 Å². The normalized spacial score (nSPS) is 36.7. The van der Waals surface area contributed by atoms with Crippen molar-refractivity contribution in [3.8, 4) is 0 Å². The summed E-state index contributed by atoms with van der Waals surface area (Å²) in [5, 5.41) is 30.6. The predicted molar refractivity (Wildman–Crippen MR) is 65.3 cm³/mol. The third kappa shape index (κ3) is 2.97. The van der Waals surface area contributed by atoms with Gasteiger partial charge in [-0.1, -0.05) is 0 Å². The Labute approximate surface area is 119 Å². The summed E-state index contributed by atoms with van der Waals surface area (Å²) in [4.78, 5) is 35.3. The number of imide groups is 1. The van der Waals surface area contributed by atoms with Gasteiger partial charge < -0.3 is 25.8 Å². The fourth-order valence-electron chi connectivity index (χ4n) is 2.44. The van der Waals surface area contributed by atoms with Crippen LogP contribution in [0, 0.1) is 5.92 Å². The number of aliphatic hydroxyl groups is 3. The summed E-state index contributed by atoms with van der Waals surface area (Å²) in [6.07, 6.45) is -5.31. The van der Waals surface area contributed by atoms with E-state index < -0.39 is 54.9 Å². The van der Waals surface area contributed by atoms with Gasteiger partial charge in [0.1, 0.15) is 18.3 Å². The molecule has 0 aromatic rings. The molecular formula is C11H17N3O7. The molecule has 0 aromatic heterocycles. The van der Waals surface area contributed by atoms with Crippen LogP contribution < -0.4 is 11.1 Å². The molecule has 2 heterocycles. The van der Waals surface area contributed by atoms with Crippen molar-refractivity contribution in [3.63, 3.8) is 0 Å². The lowest BCUT2D eigenvalue weighted by Crippen LogP contribution is -2.60. The summed E-state index contributed by atoms with van der Waals surface area (Å²) in [5.41, 5.74) is 5.04. The van der Waals surface area contributed by atoms with Gasteiger partial charge in [-0.3, -0.25) is 19.8 Å². The van der Waals surface area contributed by atoms with Crippen LogP contribution in [0.3, 0.4) is 0 Å². The van der Waals surface area contributed by atoms with E-state index >= 15 is 0 Å². The number of aliphatic hydroxyl groups excluding tert-OH is 3. The zero-order valence-electron chi connectivity index (χ0n) is 11.0. The monoisotopic (exact) mass is 303 g/mol. The van der Waals surface area contributed by atoms with Gasteiger partial charge in [0.15, 0.2) is 6.23 Å². The Kier molecular flexibility index (Phi) is 4.42. The number of ether oxygens (including phenoxy) is 1.